The highest BCUT2D eigenvalue weighted by Crippen LogP contribution is 2.29. The Kier molecular flexibility index (Phi) is 5.71. The van der Waals surface area contributed by atoms with Gasteiger partial charge in [-0.1, -0.05) is 48.5 Å². The molecule has 0 saturated heterocycles. The molecule has 6 nitrogen and oxygen atoms in total. The summed E-state index contributed by atoms with van der Waals surface area (Å²) >= 11 is 0. The molecule has 0 aliphatic rings. The van der Waals surface area contributed by atoms with Gasteiger partial charge in [-0.15, -0.1) is 0 Å². The second-order valence-corrected chi connectivity index (χ2v) is 7.28. The Morgan fingerprint density at radius 1 is 1.06 bits per heavy atom. The summed E-state index contributed by atoms with van der Waals surface area (Å²) in [6.07, 6.45) is 1.72. The van der Waals surface area contributed by atoms with E-state index in [1.54, 1.807) is 30.1 Å². The fourth-order valence-corrected chi connectivity index (χ4v) is 3.36. The number of aromatic nitrogens is 2. The molecule has 0 atom stereocenters. The topological polar surface area (TPSA) is 76.4 Å². The summed E-state index contributed by atoms with van der Waals surface area (Å²) in [4.78, 5) is 13.2. The third-order valence-electron chi connectivity index (χ3n) is 4.94. The normalized spacial score (nSPS) is 10.6. The largest absolute Gasteiger partial charge is 0.506 e. The number of ether oxygens (including phenoxy) is 1. The van der Waals surface area contributed by atoms with Gasteiger partial charge in [0.05, 0.1) is 24.9 Å². The van der Waals surface area contributed by atoms with Crippen molar-refractivity contribution in [3.63, 3.8) is 0 Å². The van der Waals surface area contributed by atoms with E-state index >= 15 is 0 Å². The minimum Gasteiger partial charge on any atom is -0.506 e. The monoisotopic (exact) mass is 413 g/mol. The van der Waals surface area contributed by atoms with Crippen LogP contribution in [0.25, 0.3) is 11.3 Å². The van der Waals surface area contributed by atoms with Crippen LogP contribution < -0.4 is 10.1 Å². The number of carbonyl (C=O) groups excluding carboxylic acids is 1. The van der Waals surface area contributed by atoms with Crippen molar-refractivity contribution in [2.45, 2.75) is 13.5 Å². The zero-order chi connectivity index (χ0) is 21.8. The third-order valence-corrected chi connectivity index (χ3v) is 4.94. The van der Waals surface area contributed by atoms with Gasteiger partial charge in [0.2, 0.25) is 0 Å². The summed E-state index contributed by atoms with van der Waals surface area (Å²) < 4.78 is 7.08. The summed E-state index contributed by atoms with van der Waals surface area (Å²) in [6, 6.07) is 22.5. The fourth-order valence-electron chi connectivity index (χ4n) is 3.36. The first-order chi connectivity index (χ1) is 15.0. The predicted molar refractivity (Wildman–Crippen MR) is 121 cm³/mol. The first kappa shape index (κ1) is 20.2. The van der Waals surface area contributed by atoms with Crippen molar-refractivity contribution in [2.75, 3.05) is 12.4 Å². The SMILES string of the molecule is COc1cccc(-c2nn(Cc3ccccc3)cc2C(=O)Nc2ccc(C)cc2O)c1. The van der Waals surface area contributed by atoms with Crippen molar-refractivity contribution in [2.24, 2.45) is 0 Å². The molecule has 3 aromatic carbocycles. The van der Waals surface area contributed by atoms with Crippen LogP contribution >= 0.6 is 0 Å². The quantitative estimate of drug-likeness (QED) is 0.442. The van der Waals surface area contributed by atoms with E-state index in [1.165, 1.54) is 0 Å². The Bertz CT molecular complexity index is 1220. The maximum Gasteiger partial charge on any atom is 0.259 e. The lowest BCUT2D eigenvalue weighted by molar-refractivity contribution is 0.102. The van der Waals surface area contributed by atoms with Crippen molar-refractivity contribution in [1.82, 2.24) is 9.78 Å². The first-order valence-electron chi connectivity index (χ1n) is 9.90. The average Bonchev–Trinajstić information content (AvgIpc) is 3.20. The van der Waals surface area contributed by atoms with Crippen LogP contribution in [0.3, 0.4) is 0 Å². The molecule has 0 aliphatic carbocycles. The van der Waals surface area contributed by atoms with Crippen LogP contribution in [0, 0.1) is 6.92 Å². The minimum absolute atomic E-state index is 0.0213. The molecule has 0 unspecified atom stereocenters. The molecule has 1 amide bonds. The molecule has 0 radical (unpaired) electrons. The van der Waals surface area contributed by atoms with E-state index in [-0.39, 0.29) is 11.7 Å². The van der Waals surface area contributed by atoms with Crippen LogP contribution in [-0.4, -0.2) is 27.9 Å². The van der Waals surface area contributed by atoms with E-state index in [0.717, 1.165) is 16.7 Å². The van der Waals surface area contributed by atoms with E-state index in [4.69, 9.17) is 4.74 Å². The number of methoxy groups -OCH3 is 1. The van der Waals surface area contributed by atoms with Crippen molar-refractivity contribution in [3.05, 3.63) is 95.7 Å². The molecule has 4 aromatic rings. The number of aromatic hydroxyl groups is 1. The van der Waals surface area contributed by atoms with Gasteiger partial charge in [-0.05, 0) is 42.3 Å². The Morgan fingerprint density at radius 3 is 2.61 bits per heavy atom. The van der Waals surface area contributed by atoms with Gasteiger partial charge in [-0.3, -0.25) is 9.48 Å². The molecular formula is C25H23N3O3. The van der Waals surface area contributed by atoms with Crippen LogP contribution in [0.5, 0.6) is 11.5 Å². The molecule has 0 aliphatic heterocycles. The molecule has 4 rings (SSSR count). The van der Waals surface area contributed by atoms with Gasteiger partial charge in [-0.2, -0.15) is 5.10 Å². The fraction of sp³-hybridized carbons (Fsp3) is 0.120. The maximum atomic E-state index is 13.2. The molecule has 0 fully saturated rings. The third kappa shape index (κ3) is 4.59. The van der Waals surface area contributed by atoms with E-state index in [1.807, 2.05) is 67.6 Å². The zero-order valence-electron chi connectivity index (χ0n) is 17.4. The molecule has 156 valence electrons. The Hall–Kier alpha value is -4.06. The summed E-state index contributed by atoms with van der Waals surface area (Å²) in [5, 5.41) is 17.7. The molecule has 0 saturated carbocycles. The van der Waals surface area contributed by atoms with Crippen LogP contribution in [0.1, 0.15) is 21.5 Å². The lowest BCUT2D eigenvalue weighted by Gasteiger charge is -2.08. The predicted octanol–water partition coefficient (Wildman–Crippen LogP) is 4.87. The zero-order valence-corrected chi connectivity index (χ0v) is 17.4. The Balaban J connectivity index is 1.72. The highest BCUT2D eigenvalue weighted by molar-refractivity contribution is 6.08. The summed E-state index contributed by atoms with van der Waals surface area (Å²) in [5.41, 5.74) is 4.05. The molecule has 1 aromatic heterocycles. The summed E-state index contributed by atoms with van der Waals surface area (Å²) in [5.74, 6) is 0.349. The molecule has 6 heteroatoms. The number of rotatable bonds is 6. The highest BCUT2D eigenvalue weighted by atomic mass is 16.5. The number of hydrogen-bond acceptors (Lipinski definition) is 4. The standard InChI is InChI=1S/C25H23N3O3/c1-17-11-12-22(23(29)13-17)26-25(30)21-16-28(15-18-7-4-3-5-8-18)27-24(21)19-9-6-10-20(14-19)31-2/h3-14,16,29H,15H2,1-2H3,(H,26,30). The number of carbonyl (C=O) groups is 1. The second kappa shape index (κ2) is 8.75. The van der Waals surface area contributed by atoms with Crippen LogP contribution in [-0.2, 0) is 6.54 Å². The Labute approximate surface area is 180 Å². The minimum atomic E-state index is -0.351. The van der Waals surface area contributed by atoms with Crippen LogP contribution in [0.4, 0.5) is 5.69 Å². The van der Waals surface area contributed by atoms with Gasteiger partial charge >= 0.3 is 0 Å². The van der Waals surface area contributed by atoms with Crippen LogP contribution in [0.2, 0.25) is 0 Å². The lowest BCUT2D eigenvalue weighted by Crippen LogP contribution is -2.12. The van der Waals surface area contributed by atoms with Crippen molar-refractivity contribution in [1.29, 1.82) is 0 Å². The van der Waals surface area contributed by atoms with Crippen molar-refractivity contribution >= 4 is 11.6 Å². The molecule has 1 heterocycles. The first-order valence-corrected chi connectivity index (χ1v) is 9.90. The number of phenols is 1. The van der Waals surface area contributed by atoms with Crippen molar-refractivity contribution < 1.29 is 14.6 Å². The average molecular weight is 413 g/mol. The number of hydrogen-bond donors (Lipinski definition) is 2. The number of nitrogens with zero attached hydrogens (tertiary/aromatic N) is 2. The Morgan fingerprint density at radius 2 is 1.87 bits per heavy atom. The molecule has 2 N–H and O–H groups in total. The number of anilines is 1. The van der Waals surface area contributed by atoms with E-state index < -0.39 is 0 Å². The second-order valence-electron chi connectivity index (χ2n) is 7.28. The lowest BCUT2D eigenvalue weighted by atomic mass is 10.1. The van der Waals surface area contributed by atoms with E-state index in [2.05, 4.69) is 10.4 Å². The van der Waals surface area contributed by atoms with Crippen LogP contribution in [0.15, 0.2) is 79.0 Å². The number of benzene rings is 3. The molecule has 0 spiro atoms. The number of nitrogens with one attached hydrogen (secondary N) is 1. The molecule has 0 bridgehead atoms. The number of phenolic OH excluding ortho intramolecular Hbond substituents is 1. The summed E-state index contributed by atoms with van der Waals surface area (Å²) in [6.45, 7) is 2.40. The number of amides is 1. The highest BCUT2D eigenvalue weighted by Gasteiger charge is 2.20. The summed E-state index contributed by atoms with van der Waals surface area (Å²) in [7, 11) is 1.60. The smallest absolute Gasteiger partial charge is 0.259 e. The van der Waals surface area contributed by atoms with Crippen molar-refractivity contribution in [3.8, 4) is 22.8 Å². The van der Waals surface area contributed by atoms with Gasteiger partial charge < -0.3 is 15.2 Å². The van der Waals surface area contributed by atoms with Gasteiger partial charge in [0, 0.05) is 11.8 Å². The van der Waals surface area contributed by atoms with Gasteiger partial charge in [0.15, 0.2) is 0 Å². The molecule has 31 heavy (non-hydrogen) atoms. The number of aryl methyl sites for hydroxylation is 1. The van der Waals surface area contributed by atoms with Gasteiger partial charge in [0.25, 0.3) is 5.91 Å². The van der Waals surface area contributed by atoms with Gasteiger partial charge in [0.1, 0.15) is 17.2 Å². The van der Waals surface area contributed by atoms with E-state index in [0.29, 0.717) is 29.2 Å². The van der Waals surface area contributed by atoms with Gasteiger partial charge in [-0.25, -0.2) is 0 Å². The maximum absolute atomic E-state index is 13.2. The van der Waals surface area contributed by atoms with E-state index in [9.17, 15) is 9.90 Å². The molecular weight excluding hydrogens is 390 g/mol.